The zero-order valence-electron chi connectivity index (χ0n) is 12.9. The first kappa shape index (κ1) is 14.8. The van der Waals surface area contributed by atoms with Gasteiger partial charge in [-0.3, -0.25) is 4.99 Å². The fraction of sp³-hybridized carbons (Fsp3) is 0.588. The van der Waals surface area contributed by atoms with Gasteiger partial charge < -0.3 is 10.1 Å². The molecule has 4 heteroatoms. The third-order valence-corrected chi connectivity index (χ3v) is 5.59. The number of amidine groups is 1. The molecule has 1 N–H and O–H groups in total. The third kappa shape index (κ3) is 3.54. The molecule has 1 saturated carbocycles. The Morgan fingerprint density at radius 3 is 2.67 bits per heavy atom. The van der Waals surface area contributed by atoms with Crippen LogP contribution in [0.2, 0.25) is 0 Å². The summed E-state index contributed by atoms with van der Waals surface area (Å²) in [4.78, 5) is 5.00. The molecule has 0 bridgehead atoms. The fourth-order valence-corrected chi connectivity index (χ4v) is 4.23. The largest absolute Gasteiger partial charge is 0.494 e. The lowest BCUT2D eigenvalue weighted by Gasteiger charge is -2.32. The first-order valence-electron chi connectivity index (χ1n) is 7.92. The molecule has 3 nitrogen and oxygen atoms in total. The molecule has 0 saturated heterocycles. The molecule has 0 aromatic heterocycles. The summed E-state index contributed by atoms with van der Waals surface area (Å²) in [5.41, 5.74) is 1.30. The Bertz CT molecular complexity index is 504. The van der Waals surface area contributed by atoms with E-state index in [0.717, 1.165) is 28.3 Å². The maximum Gasteiger partial charge on any atom is 0.161 e. The zero-order valence-corrected chi connectivity index (χ0v) is 13.7. The number of nitrogens with one attached hydrogen (secondary N) is 1. The Hall–Kier alpha value is -1.16. The van der Waals surface area contributed by atoms with Gasteiger partial charge in [0.05, 0.1) is 12.1 Å². The average Bonchev–Trinajstić information content (AvgIpc) is 2.88. The van der Waals surface area contributed by atoms with Crippen LogP contribution >= 0.6 is 11.8 Å². The maximum absolute atomic E-state index is 5.47. The highest BCUT2D eigenvalue weighted by Gasteiger charge is 2.38. The topological polar surface area (TPSA) is 33.6 Å². The number of ether oxygens (including phenoxy) is 1. The Morgan fingerprint density at radius 2 is 2.00 bits per heavy atom. The lowest BCUT2D eigenvalue weighted by atomic mass is 9.79. The van der Waals surface area contributed by atoms with Crippen LogP contribution in [0.15, 0.2) is 29.3 Å². The van der Waals surface area contributed by atoms with Crippen LogP contribution < -0.4 is 10.1 Å². The Kier molecular flexibility index (Phi) is 4.43. The standard InChI is InChI=1S/C17H24N2OS/c1-3-20-15-6-4-14(5-7-15)18-16-19-17(12-21-16)10-8-13(2)9-11-17/h4-7,13H,3,8-12H2,1-2H3,(H,18,19). The minimum absolute atomic E-state index is 0.213. The molecule has 1 aliphatic heterocycles. The molecule has 0 atom stereocenters. The van der Waals surface area contributed by atoms with Crippen LogP contribution in [0.4, 0.5) is 5.69 Å². The SMILES string of the molecule is CCOc1ccc(NC2=NC3(CCC(C)CC3)CS2)cc1. The summed E-state index contributed by atoms with van der Waals surface area (Å²) in [5, 5.41) is 4.53. The lowest BCUT2D eigenvalue weighted by Crippen LogP contribution is -2.32. The molecular weight excluding hydrogens is 280 g/mol. The van der Waals surface area contributed by atoms with Gasteiger partial charge >= 0.3 is 0 Å². The second-order valence-corrected chi connectivity index (χ2v) is 7.16. The predicted molar refractivity (Wildman–Crippen MR) is 91.5 cm³/mol. The normalized spacial score (nSPS) is 28.5. The maximum atomic E-state index is 5.47. The first-order chi connectivity index (χ1) is 10.2. The van der Waals surface area contributed by atoms with Crippen molar-refractivity contribution in [2.24, 2.45) is 10.9 Å². The van der Waals surface area contributed by atoms with Crippen molar-refractivity contribution in [3.05, 3.63) is 24.3 Å². The molecule has 1 spiro atoms. The summed E-state index contributed by atoms with van der Waals surface area (Å²) >= 11 is 1.87. The van der Waals surface area contributed by atoms with Crippen molar-refractivity contribution >= 4 is 22.6 Å². The van der Waals surface area contributed by atoms with Gasteiger partial charge in [0, 0.05) is 11.4 Å². The molecule has 21 heavy (non-hydrogen) atoms. The lowest BCUT2D eigenvalue weighted by molar-refractivity contribution is 0.273. The quantitative estimate of drug-likeness (QED) is 0.889. The molecule has 1 aliphatic carbocycles. The van der Waals surface area contributed by atoms with Crippen LogP contribution in [-0.2, 0) is 0 Å². The number of hydrogen-bond acceptors (Lipinski definition) is 4. The van der Waals surface area contributed by atoms with Gasteiger partial charge in [-0.2, -0.15) is 0 Å². The second kappa shape index (κ2) is 6.30. The number of thioether (sulfide) groups is 1. The van der Waals surface area contributed by atoms with Crippen molar-refractivity contribution in [1.29, 1.82) is 0 Å². The van der Waals surface area contributed by atoms with E-state index in [2.05, 4.69) is 24.4 Å². The van der Waals surface area contributed by atoms with Gasteiger partial charge in [-0.15, -0.1) is 0 Å². The molecule has 1 aromatic carbocycles. The van der Waals surface area contributed by atoms with Crippen LogP contribution in [0.25, 0.3) is 0 Å². The van der Waals surface area contributed by atoms with Crippen molar-refractivity contribution in [1.82, 2.24) is 0 Å². The van der Waals surface area contributed by atoms with Crippen LogP contribution in [0.3, 0.4) is 0 Å². The molecule has 2 aliphatic rings. The van der Waals surface area contributed by atoms with Crippen molar-refractivity contribution in [3.8, 4) is 5.75 Å². The van der Waals surface area contributed by atoms with Crippen LogP contribution in [-0.4, -0.2) is 23.1 Å². The summed E-state index contributed by atoms with van der Waals surface area (Å²) in [6, 6.07) is 8.12. The van der Waals surface area contributed by atoms with Crippen LogP contribution in [0.1, 0.15) is 39.5 Å². The van der Waals surface area contributed by atoms with Gasteiger partial charge in [-0.1, -0.05) is 18.7 Å². The summed E-state index contributed by atoms with van der Waals surface area (Å²) in [7, 11) is 0. The second-order valence-electron chi connectivity index (χ2n) is 6.19. The summed E-state index contributed by atoms with van der Waals surface area (Å²) in [6.07, 6.45) is 5.13. The number of nitrogens with zero attached hydrogens (tertiary/aromatic N) is 1. The molecule has 114 valence electrons. The smallest absolute Gasteiger partial charge is 0.161 e. The van der Waals surface area contributed by atoms with Crippen molar-refractivity contribution in [2.75, 3.05) is 17.7 Å². The fourth-order valence-electron chi connectivity index (χ4n) is 3.03. The van der Waals surface area contributed by atoms with Gasteiger partial charge in [0.15, 0.2) is 5.17 Å². The summed E-state index contributed by atoms with van der Waals surface area (Å²) in [5.74, 6) is 2.93. The molecular formula is C17H24N2OS. The number of rotatable bonds is 3. The molecule has 3 rings (SSSR count). The van der Waals surface area contributed by atoms with E-state index in [4.69, 9.17) is 9.73 Å². The van der Waals surface area contributed by atoms with Crippen molar-refractivity contribution in [3.63, 3.8) is 0 Å². The molecule has 1 fully saturated rings. The minimum Gasteiger partial charge on any atom is -0.494 e. The van der Waals surface area contributed by atoms with Gasteiger partial charge in [-0.05, 0) is 62.8 Å². The Morgan fingerprint density at radius 1 is 1.29 bits per heavy atom. The van der Waals surface area contributed by atoms with E-state index >= 15 is 0 Å². The van der Waals surface area contributed by atoms with E-state index in [0.29, 0.717) is 6.61 Å². The highest BCUT2D eigenvalue weighted by atomic mass is 32.2. The highest BCUT2D eigenvalue weighted by Crippen LogP contribution is 2.41. The molecule has 1 aromatic rings. The Labute approximate surface area is 131 Å². The number of anilines is 1. The molecule has 0 radical (unpaired) electrons. The third-order valence-electron chi connectivity index (χ3n) is 4.44. The monoisotopic (exact) mass is 304 g/mol. The number of benzene rings is 1. The zero-order chi connectivity index (χ0) is 14.7. The van der Waals surface area contributed by atoms with E-state index in [1.807, 2.05) is 30.8 Å². The Balaban J connectivity index is 1.63. The highest BCUT2D eigenvalue weighted by molar-refractivity contribution is 8.14. The van der Waals surface area contributed by atoms with Gasteiger partial charge in [0.2, 0.25) is 0 Å². The molecule has 1 heterocycles. The summed E-state index contributed by atoms with van der Waals surface area (Å²) < 4.78 is 5.47. The number of hydrogen-bond donors (Lipinski definition) is 1. The van der Waals surface area contributed by atoms with Gasteiger partial charge in [0.1, 0.15) is 5.75 Å². The van der Waals surface area contributed by atoms with Crippen molar-refractivity contribution in [2.45, 2.75) is 45.1 Å². The van der Waals surface area contributed by atoms with Crippen LogP contribution in [0, 0.1) is 5.92 Å². The van der Waals surface area contributed by atoms with E-state index < -0.39 is 0 Å². The first-order valence-corrected chi connectivity index (χ1v) is 8.90. The minimum atomic E-state index is 0.213. The van der Waals surface area contributed by atoms with E-state index in [-0.39, 0.29) is 5.54 Å². The van der Waals surface area contributed by atoms with Crippen molar-refractivity contribution < 1.29 is 4.74 Å². The number of aliphatic imine (C=N–C) groups is 1. The van der Waals surface area contributed by atoms with Crippen LogP contribution in [0.5, 0.6) is 5.75 Å². The van der Waals surface area contributed by atoms with E-state index in [9.17, 15) is 0 Å². The average molecular weight is 304 g/mol. The predicted octanol–water partition coefficient (Wildman–Crippen LogP) is 4.55. The molecule has 0 unspecified atom stereocenters. The molecule has 0 amide bonds. The van der Waals surface area contributed by atoms with E-state index in [1.165, 1.54) is 25.7 Å². The van der Waals surface area contributed by atoms with Gasteiger partial charge in [-0.25, -0.2) is 0 Å². The van der Waals surface area contributed by atoms with Gasteiger partial charge in [0.25, 0.3) is 0 Å². The summed E-state index contributed by atoms with van der Waals surface area (Å²) in [6.45, 7) is 5.06. The van der Waals surface area contributed by atoms with E-state index in [1.54, 1.807) is 0 Å².